The van der Waals surface area contributed by atoms with E-state index in [0.29, 0.717) is 49.8 Å². The first-order valence-electron chi connectivity index (χ1n) is 9.59. The Bertz CT molecular complexity index is 879. The third-order valence-electron chi connectivity index (χ3n) is 4.76. The highest BCUT2D eigenvalue weighted by Gasteiger charge is 2.23. The number of hydrogen-bond donors (Lipinski definition) is 1. The fourth-order valence-corrected chi connectivity index (χ4v) is 3.20. The van der Waals surface area contributed by atoms with Gasteiger partial charge in [0.1, 0.15) is 5.75 Å². The highest BCUT2D eigenvalue weighted by atomic mass is 16.6. The van der Waals surface area contributed by atoms with Crippen LogP contribution in [0.2, 0.25) is 0 Å². The van der Waals surface area contributed by atoms with E-state index in [-0.39, 0.29) is 12.0 Å². The molecule has 0 aliphatic carbocycles. The molecule has 1 saturated heterocycles. The zero-order valence-corrected chi connectivity index (χ0v) is 17.0. The second kappa shape index (κ2) is 9.27. The van der Waals surface area contributed by atoms with Crippen molar-refractivity contribution in [1.29, 1.82) is 0 Å². The van der Waals surface area contributed by atoms with Gasteiger partial charge in [0, 0.05) is 32.4 Å². The van der Waals surface area contributed by atoms with Gasteiger partial charge in [-0.15, -0.1) is 0 Å². The molecule has 0 spiro atoms. The van der Waals surface area contributed by atoms with E-state index >= 15 is 0 Å². The maximum absolute atomic E-state index is 12.7. The lowest BCUT2D eigenvalue weighted by atomic mass is 10.2. The highest BCUT2D eigenvalue weighted by Crippen LogP contribution is 2.26. The van der Waals surface area contributed by atoms with E-state index in [2.05, 4.69) is 15.2 Å². The number of pyridine rings is 1. The molecule has 0 saturated carbocycles. The quantitative estimate of drug-likeness (QED) is 0.834. The molecular formula is C21H26N4O4. The van der Waals surface area contributed by atoms with Crippen molar-refractivity contribution in [3.8, 4) is 5.75 Å². The van der Waals surface area contributed by atoms with Gasteiger partial charge in [0.15, 0.2) is 0 Å². The van der Waals surface area contributed by atoms with Crippen molar-refractivity contribution < 1.29 is 19.1 Å². The van der Waals surface area contributed by atoms with Crippen LogP contribution in [-0.2, 0) is 4.74 Å². The lowest BCUT2D eigenvalue weighted by molar-refractivity contribution is 0.102. The smallest absolute Gasteiger partial charge is 0.409 e. The van der Waals surface area contributed by atoms with Crippen molar-refractivity contribution in [2.24, 2.45) is 0 Å². The number of piperazine rings is 1. The van der Waals surface area contributed by atoms with Gasteiger partial charge in [0.2, 0.25) is 0 Å². The average molecular weight is 398 g/mol. The van der Waals surface area contributed by atoms with E-state index in [4.69, 9.17) is 9.47 Å². The standard InChI is InChI=1S/C21H26N4O4/c1-4-29-21(27)25-9-7-24(8-10-25)17-12-16(13-22-14-17)20(26)23-18-11-15(2)5-6-19(18)28-3/h5-6,11-14H,4,7-10H2,1-3H3,(H,23,26). The zero-order valence-electron chi connectivity index (χ0n) is 17.0. The monoisotopic (exact) mass is 398 g/mol. The summed E-state index contributed by atoms with van der Waals surface area (Å²) in [6.07, 6.45) is 2.98. The average Bonchev–Trinajstić information content (AvgIpc) is 2.74. The number of nitrogens with one attached hydrogen (secondary N) is 1. The predicted molar refractivity (Wildman–Crippen MR) is 111 cm³/mol. The second-order valence-corrected chi connectivity index (χ2v) is 6.76. The highest BCUT2D eigenvalue weighted by molar-refractivity contribution is 6.05. The van der Waals surface area contributed by atoms with Crippen LogP contribution in [0.5, 0.6) is 5.75 Å². The Hall–Kier alpha value is -3.29. The van der Waals surface area contributed by atoms with Crippen LogP contribution in [0.3, 0.4) is 0 Å². The number of anilines is 2. The minimum absolute atomic E-state index is 0.256. The van der Waals surface area contributed by atoms with Gasteiger partial charge in [-0.2, -0.15) is 0 Å². The van der Waals surface area contributed by atoms with Crippen molar-refractivity contribution in [3.63, 3.8) is 0 Å². The number of ether oxygens (including phenoxy) is 2. The summed E-state index contributed by atoms with van der Waals surface area (Å²) in [6, 6.07) is 7.42. The molecule has 1 aromatic heterocycles. The van der Waals surface area contributed by atoms with Crippen LogP contribution in [0.4, 0.5) is 16.2 Å². The Morgan fingerprint density at radius 1 is 1.14 bits per heavy atom. The Labute approximate surface area is 170 Å². The molecule has 0 radical (unpaired) electrons. The fourth-order valence-electron chi connectivity index (χ4n) is 3.20. The van der Waals surface area contributed by atoms with Crippen molar-refractivity contribution in [2.45, 2.75) is 13.8 Å². The van der Waals surface area contributed by atoms with E-state index in [0.717, 1.165) is 11.3 Å². The first-order valence-corrected chi connectivity index (χ1v) is 9.59. The molecule has 2 heterocycles. The summed E-state index contributed by atoms with van der Waals surface area (Å²) in [7, 11) is 1.57. The van der Waals surface area contributed by atoms with Gasteiger partial charge >= 0.3 is 6.09 Å². The zero-order chi connectivity index (χ0) is 20.8. The molecule has 0 unspecified atom stereocenters. The molecule has 8 heteroatoms. The third-order valence-corrected chi connectivity index (χ3v) is 4.76. The molecular weight excluding hydrogens is 372 g/mol. The summed E-state index contributed by atoms with van der Waals surface area (Å²) in [6.45, 7) is 6.54. The summed E-state index contributed by atoms with van der Waals surface area (Å²) >= 11 is 0. The van der Waals surface area contributed by atoms with E-state index in [9.17, 15) is 9.59 Å². The number of hydrogen-bond acceptors (Lipinski definition) is 6. The van der Waals surface area contributed by atoms with Crippen LogP contribution < -0.4 is 15.0 Å². The second-order valence-electron chi connectivity index (χ2n) is 6.76. The van der Waals surface area contributed by atoms with Gasteiger partial charge in [-0.3, -0.25) is 9.78 Å². The Kier molecular flexibility index (Phi) is 6.54. The number of rotatable bonds is 5. The Morgan fingerprint density at radius 3 is 2.59 bits per heavy atom. The van der Waals surface area contributed by atoms with Crippen molar-refractivity contribution in [2.75, 3.05) is 50.1 Å². The Morgan fingerprint density at radius 2 is 1.90 bits per heavy atom. The van der Waals surface area contributed by atoms with E-state index in [1.807, 2.05) is 31.2 Å². The molecule has 2 amide bonds. The topological polar surface area (TPSA) is 84.0 Å². The molecule has 1 aliphatic heterocycles. The number of aryl methyl sites for hydroxylation is 1. The summed E-state index contributed by atoms with van der Waals surface area (Å²) < 4.78 is 10.4. The minimum atomic E-state index is -0.287. The maximum atomic E-state index is 12.7. The molecule has 0 atom stereocenters. The number of carbonyl (C=O) groups is 2. The van der Waals surface area contributed by atoms with Gasteiger partial charge in [-0.25, -0.2) is 4.79 Å². The lowest BCUT2D eigenvalue weighted by Gasteiger charge is -2.35. The minimum Gasteiger partial charge on any atom is -0.495 e. The molecule has 3 rings (SSSR count). The largest absolute Gasteiger partial charge is 0.495 e. The molecule has 0 bridgehead atoms. The number of methoxy groups -OCH3 is 1. The lowest BCUT2D eigenvalue weighted by Crippen LogP contribution is -2.49. The van der Waals surface area contributed by atoms with Crippen LogP contribution in [0.25, 0.3) is 0 Å². The first-order chi connectivity index (χ1) is 14.0. The molecule has 1 aliphatic rings. The van der Waals surface area contributed by atoms with E-state index < -0.39 is 0 Å². The van der Waals surface area contributed by atoms with Crippen LogP contribution in [0, 0.1) is 6.92 Å². The fraction of sp³-hybridized carbons (Fsp3) is 0.381. The van der Waals surface area contributed by atoms with E-state index in [1.54, 1.807) is 25.1 Å². The van der Waals surface area contributed by atoms with Gasteiger partial charge in [-0.1, -0.05) is 6.07 Å². The molecule has 1 fully saturated rings. The van der Waals surface area contributed by atoms with Crippen molar-refractivity contribution in [1.82, 2.24) is 9.88 Å². The molecule has 29 heavy (non-hydrogen) atoms. The van der Waals surface area contributed by atoms with Crippen LogP contribution >= 0.6 is 0 Å². The number of benzene rings is 1. The van der Waals surface area contributed by atoms with Gasteiger partial charge in [-0.05, 0) is 37.6 Å². The number of aromatic nitrogens is 1. The van der Waals surface area contributed by atoms with Gasteiger partial charge in [0.05, 0.1) is 36.9 Å². The summed E-state index contributed by atoms with van der Waals surface area (Å²) in [5.74, 6) is 0.344. The SMILES string of the molecule is CCOC(=O)N1CCN(c2cncc(C(=O)Nc3cc(C)ccc3OC)c2)CC1. The normalized spacial score (nSPS) is 13.8. The maximum Gasteiger partial charge on any atom is 0.409 e. The molecule has 2 aromatic rings. The number of nitrogens with zero attached hydrogens (tertiary/aromatic N) is 3. The van der Waals surface area contributed by atoms with Gasteiger partial charge in [0.25, 0.3) is 5.91 Å². The van der Waals surface area contributed by atoms with Gasteiger partial charge < -0.3 is 24.6 Å². The van der Waals surface area contributed by atoms with E-state index in [1.165, 1.54) is 6.20 Å². The molecule has 154 valence electrons. The summed E-state index contributed by atoms with van der Waals surface area (Å²) in [5, 5.41) is 2.89. The molecule has 1 aromatic carbocycles. The number of amides is 2. The van der Waals surface area contributed by atoms with Crippen LogP contribution in [-0.4, -0.2) is 61.8 Å². The third kappa shape index (κ3) is 4.96. The van der Waals surface area contributed by atoms with Crippen molar-refractivity contribution >= 4 is 23.4 Å². The summed E-state index contributed by atoms with van der Waals surface area (Å²) in [4.78, 5) is 32.6. The van der Waals surface area contributed by atoms with Crippen LogP contribution in [0.15, 0.2) is 36.7 Å². The first kappa shape index (κ1) is 20.4. The van der Waals surface area contributed by atoms with Crippen LogP contribution in [0.1, 0.15) is 22.8 Å². The van der Waals surface area contributed by atoms with Crippen molar-refractivity contribution in [3.05, 3.63) is 47.8 Å². The Balaban J connectivity index is 1.68. The number of carbonyl (C=O) groups excluding carboxylic acids is 2. The summed E-state index contributed by atoms with van der Waals surface area (Å²) in [5.41, 5.74) is 2.94. The predicted octanol–water partition coefficient (Wildman–Crippen LogP) is 2.93. The molecule has 1 N–H and O–H groups in total. The molecule has 8 nitrogen and oxygen atoms in total.